The van der Waals surface area contributed by atoms with Crippen molar-refractivity contribution >= 4 is 33.9 Å². The van der Waals surface area contributed by atoms with Gasteiger partial charge in [-0.2, -0.15) is 0 Å². The largest absolute Gasteiger partial charge is 0.497 e. The van der Waals surface area contributed by atoms with Gasteiger partial charge in [0.05, 0.1) is 41.2 Å². The summed E-state index contributed by atoms with van der Waals surface area (Å²) in [7, 11) is 8.18. The molecule has 0 spiro atoms. The molecular weight excluding hydrogens is 502 g/mol. The summed E-state index contributed by atoms with van der Waals surface area (Å²) in [4.78, 5) is 5.48. The molecule has 38 heavy (non-hydrogen) atoms. The van der Waals surface area contributed by atoms with Gasteiger partial charge in [0.1, 0.15) is 17.2 Å². The normalized spacial score (nSPS) is 10.7. The molecule has 0 radical (unpaired) electrons. The smallest absolute Gasteiger partial charge is 0.173 e. The number of nitrogens with zero attached hydrogens (tertiary/aromatic N) is 1. The average molecular weight is 536 g/mol. The first-order chi connectivity index (χ1) is 18.5. The highest BCUT2D eigenvalue weighted by molar-refractivity contribution is 7.80. The van der Waals surface area contributed by atoms with Crippen LogP contribution in [0.1, 0.15) is 11.1 Å². The van der Waals surface area contributed by atoms with E-state index < -0.39 is 0 Å². The number of aromatic nitrogens is 1. The zero-order valence-electron chi connectivity index (χ0n) is 22.3. The summed E-state index contributed by atoms with van der Waals surface area (Å²) in [5.74, 6) is 3.52. The molecule has 0 aliphatic heterocycles. The monoisotopic (exact) mass is 535 g/mol. The van der Waals surface area contributed by atoms with Crippen LogP contribution < -0.4 is 29.0 Å². The summed E-state index contributed by atoms with van der Waals surface area (Å²) in [5, 5.41) is 5.06. The molecule has 2 N–H and O–H groups in total. The van der Waals surface area contributed by atoms with Crippen molar-refractivity contribution < 1.29 is 23.7 Å². The minimum Gasteiger partial charge on any atom is -0.497 e. The van der Waals surface area contributed by atoms with Crippen molar-refractivity contribution in [3.63, 3.8) is 0 Å². The molecule has 1 heterocycles. The Hall–Kier alpha value is -4.11. The van der Waals surface area contributed by atoms with Gasteiger partial charge in [-0.25, -0.2) is 0 Å². The molecule has 0 saturated heterocycles. The van der Waals surface area contributed by atoms with Gasteiger partial charge in [-0.15, -0.1) is 0 Å². The minimum atomic E-state index is 0.566. The summed E-state index contributed by atoms with van der Waals surface area (Å²) in [6.45, 7) is 1.24. The molecule has 1 aromatic heterocycles. The summed E-state index contributed by atoms with van der Waals surface area (Å²) >= 11 is 5.91. The number of benzene rings is 3. The quantitative estimate of drug-likeness (QED) is 0.239. The van der Waals surface area contributed by atoms with Crippen molar-refractivity contribution in [1.29, 1.82) is 0 Å². The Balaban J connectivity index is 1.60. The van der Waals surface area contributed by atoms with E-state index in [0.717, 1.165) is 34.3 Å². The standard InChI is InChI=1S/C29H33N3O5S/c1-33-21-7-9-24-23(15-21)20(17-30-24)12-13-32(18-19-6-11-26(35-3)28(14-19)37-5)29(38)31-25-10-8-22(34-2)16-27(25)36-4/h6-11,14-17,30H,12-13,18H2,1-5H3,(H,31,38). The fourth-order valence-electron chi connectivity index (χ4n) is 4.29. The van der Waals surface area contributed by atoms with E-state index in [2.05, 4.69) is 21.3 Å². The molecule has 8 nitrogen and oxygen atoms in total. The van der Waals surface area contributed by atoms with Crippen molar-refractivity contribution in [2.75, 3.05) is 47.4 Å². The third-order valence-electron chi connectivity index (χ3n) is 6.38. The lowest BCUT2D eigenvalue weighted by Gasteiger charge is -2.27. The first-order valence-electron chi connectivity index (χ1n) is 12.1. The molecule has 0 atom stereocenters. The second-order valence-electron chi connectivity index (χ2n) is 8.58. The number of hydrogen-bond acceptors (Lipinski definition) is 6. The van der Waals surface area contributed by atoms with Gasteiger partial charge in [0.15, 0.2) is 16.6 Å². The van der Waals surface area contributed by atoms with Gasteiger partial charge >= 0.3 is 0 Å². The van der Waals surface area contributed by atoms with Gasteiger partial charge in [-0.05, 0) is 72.2 Å². The van der Waals surface area contributed by atoms with Crippen molar-refractivity contribution in [2.24, 2.45) is 0 Å². The predicted octanol–water partition coefficient (Wildman–Crippen LogP) is 5.65. The molecule has 200 valence electrons. The van der Waals surface area contributed by atoms with Gasteiger partial charge in [-0.1, -0.05) is 6.07 Å². The number of anilines is 1. The number of hydrogen-bond donors (Lipinski definition) is 2. The van der Waals surface area contributed by atoms with Crippen LogP contribution >= 0.6 is 12.2 Å². The minimum absolute atomic E-state index is 0.566. The Kier molecular flexibility index (Phi) is 8.81. The number of aromatic amines is 1. The molecule has 0 saturated carbocycles. The van der Waals surface area contributed by atoms with E-state index in [1.54, 1.807) is 35.5 Å². The van der Waals surface area contributed by atoms with Gasteiger partial charge in [0.25, 0.3) is 0 Å². The molecule has 0 fully saturated rings. The fraction of sp³-hybridized carbons (Fsp3) is 0.276. The van der Waals surface area contributed by atoms with E-state index in [-0.39, 0.29) is 0 Å². The molecular formula is C29H33N3O5S. The molecule has 3 aromatic carbocycles. The first-order valence-corrected chi connectivity index (χ1v) is 12.5. The zero-order chi connectivity index (χ0) is 27.1. The second kappa shape index (κ2) is 12.4. The van der Waals surface area contributed by atoms with Gasteiger partial charge in [-0.3, -0.25) is 0 Å². The first kappa shape index (κ1) is 26.9. The maximum Gasteiger partial charge on any atom is 0.173 e. The van der Waals surface area contributed by atoms with E-state index >= 15 is 0 Å². The summed E-state index contributed by atoms with van der Waals surface area (Å²) in [5.41, 5.74) is 4.04. The van der Waals surface area contributed by atoms with E-state index in [9.17, 15) is 0 Å². The van der Waals surface area contributed by atoms with Crippen LogP contribution in [0.4, 0.5) is 5.69 Å². The highest BCUT2D eigenvalue weighted by Gasteiger charge is 2.16. The zero-order valence-corrected chi connectivity index (χ0v) is 23.1. The van der Waals surface area contributed by atoms with Gasteiger partial charge in [0.2, 0.25) is 0 Å². The molecule has 4 aromatic rings. The average Bonchev–Trinajstić information content (AvgIpc) is 3.37. The summed E-state index contributed by atoms with van der Waals surface area (Å²) < 4.78 is 27.3. The Morgan fingerprint density at radius 3 is 2.21 bits per heavy atom. The molecule has 0 aliphatic carbocycles. The van der Waals surface area contributed by atoms with Crippen LogP contribution in [0.3, 0.4) is 0 Å². The van der Waals surface area contributed by atoms with Crippen molar-refractivity contribution in [2.45, 2.75) is 13.0 Å². The number of methoxy groups -OCH3 is 5. The third-order valence-corrected chi connectivity index (χ3v) is 6.74. The Morgan fingerprint density at radius 2 is 1.50 bits per heavy atom. The molecule has 0 bridgehead atoms. The Labute approximate surface area is 228 Å². The Bertz CT molecular complexity index is 1400. The highest BCUT2D eigenvalue weighted by atomic mass is 32.1. The number of rotatable bonds is 11. The number of H-pyrrole nitrogens is 1. The molecule has 9 heteroatoms. The van der Waals surface area contributed by atoms with E-state index in [1.807, 2.05) is 54.7 Å². The van der Waals surface area contributed by atoms with Crippen LogP contribution in [0.5, 0.6) is 28.7 Å². The van der Waals surface area contributed by atoms with Crippen LogP contribution in [0.15, 0.2) is 60.8 Å². The topological polar surface area (TPSA) is 77.2 Å². The van der Waals surface area contributed by atoms with Crippen molar-refractivity contribution in [3.05, 3.63) is 71.9 Å². The van der Waals surface area contributed by atoms with Crippen LogP contribution in [0.25, 0.3) is 10.9 Å². The highest BCUT2D eigenvalue weighted by Crippen LogP contribution is 2.31. The lowest BCUT2D eigenvalue weighted by atomic mass is 10.1. The number of fused-ring (bicyclic) bond motifs is 1. The van der Waals surface area contributed by atoms with Crippen LogP contribution in [0.2, 0.25) is 0 Å². The number of thiocarbonyl (C=S) groups is 1. The van der Waals surface area contributed by atoms with Crippen LogP contribution in [-0.2, 0) is 13.0 Å². The van der Waals surface area contributed by atoms with Crippen LogP contribution in [-0.4, -0.2) is 57.1 Å². The van der Waals surface area contributed by atoms with Crippen molar-refractivity contribution in [1.82, 2.24) is 9.88 Å². The number of nitrogens with one attached hydrogen (secondary N) is 2. The van der Waals surface area contributed by atoms with E-state index in [1.165, 1.54) is 5.56 Å². The van der Waals surface area contributed by atoms with E-state index in [0.29, 0.717) is 41.2 Å². The SMILES string of the molecule is COc1ccc(NC(=S)N(CCc2c[nH]c3ccc(OC)cc23)Cc2ccc(OC)c(OC)c2)c(OC)c1. The third kappa shape index (κ3) is 6.06. The molecule has 0 unspecified atom stereocenters. The molecule has 0 aliphatic rings. The Morgan fingerprint density at radius 1 is 0.789 bits per heavy atom. The maximum absolute atomic E-state index is 5.91. The fourth-order valence-corrected chi connectivity index (χ4v) is 4.56. The summed E-state index contributed by atoms with van der Waals surface area (Å²) in [6.07, 6.45) is 2.81. The van der Waals surface area contributed by atoms with Crippen LogP contribution in [0, 0.1) is 0 Å². The summed E-state index contributed by atoms with van der Waals surface area (Å²) in [6, 6.07) is 17.5. The lowest BCUT2D eigenvalue weighted by Crippen LogP contribution is -2.36. The molecule has 0 amide bonds. The van der Waals surface area contributed by atoms with Gasteiger partial charge in [0, 0.05) is 36.3 Å². The molecule has 4 rings (SSSR count). The maximum atomic E-state index is 5.91. The van der Waals surface area contributed by atoms with Crippen molar-refractivity contribution in [3.8, 4) is 28.7 Å². The number of ether oxygens (including phenoxy) is 5. The van der Waals surface area contributed by atoms with E-state index in [4.69, 9.17) is 35.9 Å². The predicted molar refractivity (Wildman–Crippen MR) is 154 cm³/mol. The lowest BCUT2D eigenvalue weighted by molar-refractivity contribution is 0.353. The van der Waals surface area contributed by atoms with Gasteiger partial charge < -0.3 is 38.9 Å². The second-order valence-corrected chi connectivity index (χ2v) is 8.97.